The van der Waals surface area contributed by atoms with Crippen LogP contribution in [0.5, 0.6) is 0 Å². The summed E-state index contributed by atoms with van der Waals surface area (Å²) in [4.78, 5) is 13.4. The van der Waals surface area contributed by atoms with Gasteiger partial charge in [-0.3, -0.25) is 4.79 Å². The topological polar surface area (TPSA) is 32.3 Å². The Kier molecular flexibility index (Phi) is 4.76. The molecule has 0 spiro atoms. The van der Waals surface area contributed by atoms with Gasteiger partial charge in [-0.05, 0) is 28.7 Å². The molecule has 1 N–H and O–H groups in total. The van der Waals surface area contributed by atoms with Crippen LogP contribution in [0.4, 0.5) is 5.69 Å². The van der Waals surface area contributed by atoms with Gasteiger partial charge < -0.3 is 10.2 Å². The average molecular weight is 260 g/mol. The largest absolute Gasteiger partial charge is 0.377 e. The van der Waals surface area contributed by atoms with E-state index in [9.17, 15) is 4.79 Å². The van der Waals surface area contributed by atoms with E-state index in [0.717, 1.165) is 11.3 Å². The van der Waals surface area contributed by atoms with E-state index in [0.29, 0.717) is 6.54 Å². The van der Waals surface area contributed by atoms with Gasteiger partial charge >= 0.3 is 0 Å². The molecule has 0 bridgehead atoms. The lowest BCUT2D eigenvalue weighted by atomic mass is 9.86. The molecule has 1 amide bonds. The molecule has 1 aromatic carbocycles. The van der Waals surface area contributed by atoms with Crippen LogP contribution in [-0.2, 0) is 16.8 Å². The third-order valence-corrected chi connectivity index (χ3v) is 3.07. The molecular formula is C16H24N2O. The molecular weight excluding hydrogens is 236 g/mol. The van der Waals surface area contributed by atoms with Gasteiger partial charge in [0.25, 0.3) is 0 Å². The van der Waals surface area contributed by atoms with Crippen LogP contribution in [0.15, 0.2) is 30.9 Å². The lowest BCUT2D eigenvalue weighted by molar-refractivity contribution is -0.116. The second kappa shape index (κ2) is 5.91. The van der Waals surface area contributed by atoms with Crippen LogP contribution in [0.1, 0.15) is 31.9 Å². The summed E-state index contributed by atoms with van der Waals surface area (Å²) in [5.41, 5.74) is 3.60. The molecule has 0 heterocycles. The Morgan fingerprint density at radius 2 is 2.00 bits per heavy atom. The molecule has 19 heavy (non-hydrogen) atoms. The second-order valence-corrected chi connectivity index (χ2v) is 5.91. The quantitative estimate of drug-likeness (QED) is 0.844. The third kappa shape index (κ3) is 4.12. The van der Waals surface area contributed by atoms with Gasteiger partial charge in [-0.15, -0.1) is 0 Å². The van der Waals surface area contributed by atoms with Crippen LogP contribution in [0.25, 0.3) is 0 Å². The molecule has 0 aliphatic rings. The number of hydrogen-bond donors (Lipinski definition) is 1. The Hall–Kier alpha value is -1.77. The zero-order valence-electron chi connectivity index (χ0n) is 12.6. The van der Waals surface area contributed by atoms with Gasteiger partial charge in [-0.2, -0.15) is 0 Å². The van der Waals surface area contributed by atoms with Crippen molar-refractivity contribution in [3.8, 4) is 0 Å². The molecule has 0 aliphatic carbocycles. The minimum Gasteiger partial charge on any atom is -0.377 e. The number of carbonyl (C=O) groups excluding carboxylic acids is 1. The zero-order valence-corrected chi connectivity index (χ0v) is 12.6. The minimum absolute atomic E-state index is 0.0992. The highest BCUT2D eigenvalue weighted by molar-refractivity contribution is 5.86. The maximum atomic E-state index is 11.3. The van der Waals surface area contributed by atoms with Crippen LogP contribution in [-0.4, -0.2) is 20.0 Å². The Labute approximate surface area is 116 Å². The van der Waals surface area contributed by atoms with Crippen molar-refractivity contribution in [1.82, 2.24) is 5.32 Å². The summed E-state index contributed by atoms with van der Waals surface area (Å²) in [7, 11) is 4.01. The number of anilines is 1. The number of nitrogens with one attached hydrogen (secondary N) is 1. The van der Waals surface area contributed by atoms with E-state index in [1.807, 2.05) is 14.1 Å². The first-order valence-electron chi connectivity index (χ1n) is 6.46. The first kappa shape index (κ1) is 15.3. The lowest BCUT2D eigenvalue weighted by Crippen LogP contribution is -2.23. The fourth-order valence-corrected chi connectivity index (χ4v) is 1.88. The molecule has 0 unspecified atom stereocenters. The fourth-order valence-electron chi connectivity index (χ4n) is 1.88. The molecule has 0 saturated carbocycles. The van der Waals surface area contributed by atoms with Crippen molar-refractivity contribution in [3.05, 3.63) is 42.0 Å². The number of rotatable bonds is 4. The number of nitrogens with zero attached hydrogens (tertiary/aromatic N) is 1. The summed E-state index contributed by atoms with van der Waals surface area (Å²) in [6.07, 6.45) is 1.29. The highest BCUT2D eigenvalue weighted by Gasteiger charge is 2.16. The molecule has 1 aromatic rings. The molecule has 0 aliphatic heterocycles. The molecule has 0 aromatic heterocycles. The van der Waals surface area contributed by atoms with E-state index in [1.165, 1.54) is 11.6 Å². The third-order valence-electron chi connectivity index (χ3n) is 3.07. The number of hydrogen-bond acceptors (Lipinski definition) is 2. The minimum atomic E-state index is -0.147. The van der Waals surface area contributed by atoms with Crippen molar-refractivity contribution in [2.45, 2.75) is 32.7 Å². The number of benzene rings is 1. The smallest absolute Gasteiger partial charge is 0.243 e. The van der Waals surface area contributed by atoms with Crippen molar-refractivity contribution >= 4 is 11.6 Å². The fraction of sp³-hybridized carbons (Fsp3) is 0.438. The maximum Gasteiger partial charge on any atom is 0.243 e. The van der Waals surface area contributed by atoms with Crippen molar-refractivity contribution < 1.29 is 4.79 Å². The summed E-state index contributed by atoms with van der Waals surface area (Å²) in [5.74, 6) is -0.147. The standard InChI is InChI=1S/C16H24N2O/c1-7-15(19)17-11-12-10-13(16(2,3)4)8-9-14(12)18(5)6/h7-10H,1,11H2,2-6H3,(H,17,19). The summed E-state index contributed by atoms with van der Waals surface area (Å²) < 4.78 is 0. The Morgan fingerprint density at radius 1 is 1.37 bits per heavy atom. The van der Waals surface area contributed by atoms with Gasteiger partial charge in [0.2, 0.25) is 5.91 Å². The van der Waals surface area contributed by atoms with Crippen molar-refractivity contribution in [1.29, 1.82) is 0 Å². The Bertz CT molecular complexity index is 470. The number of amides is 1. The lowest BCUT2D eigenvalue weighted by Gasteiger charge is -2.24. The number of carbonyl (C=O) groups is 1. The monoisotopic (exact) mass is 260 g/mol. The van der Waals surface area contributed by atoms with Crippen LogP contribution >= 0.6 is 0 Å². The molecule has 0 radical (unpaired) electrons. The summed E-state index contributed by atoms with van der Waals surface area (Å²) in [6.45, 7) is 10.5. The van der Waals surface area contributed by atoms with Gasteiger partial charge in [-0.1, -0.05) is 39.5 Å². The van der Waals surface area contributed by atoms with Crippen molar-refractivity contribution in [3.63, 3.8) is 0 Å². The van der Waals surface area contributed by atoms with Crippen LogP contribution in [0, 0.1) is 0 Å². The molecule has 104 valence electrons. The molecule has 3 nitrogen and oxygen atoms in total. The Morgan fingerprint density at radius 3 is 2.47 bits per heavy atom. The van der Waals surface area contributed by atoms with E-state index >= 15 is 0 Å². The van der Waals surface area contributed by atoms with Gasteiger partial charge in [0, 0.05) is 26.3 Å². The summed E-state index contributed by atoms with van der Waals surface area (Å²) >= 11 is 0. The average Bonchev–Trinajstić information content (AvgIpc) is 2.34. The van der Waals surface area contributed by atoms with Crippen LogP contribution < -0.4 is 10.2 Å². The van der Waals surface area contributed by atoms with E-state index in [2.05, 4.69) is 55.8 Å². The van der Waals surface area contributed by atoms with Crippen molar-refractivity contribution in [2.24, 2.45) is 0 Å². The van der Waals surface area contributed by atoms with E-state index in [4.69, 9.17) is 0 Å². The highest BCUT2D eigenvalue weighted by Crippen LogP contribution is 2.27. The SMILES string of the molecule is C=CC(=O)NCc1cc(C(C)(C)C)ccc1N(C)C. The second-order valence-electron chi connectivity index (χ2n) is 5.91. The summed E-state index contributed by atoms with van der Waals surface area (Å²) in [6, 6.07) is 6.42. The van der Waals surface area contributed by atoms with E-state index in [1.54, 1.807) is 0 Å². The molecule has 1 rings (SSSR count). The predicted molar refractivity (Wildman–Crippen MR) is 81.5 cm³/mol. The van der Waals surface area contributed by atoms with Crippen molar-refractivity contribution in [2.75, 3.05) is 19.0 Å². The van der Waals surface area contributed by atoms with Gasteiger partial charge in [-0.25, -0.2) is 0 Å². The highest BCUT2D eigenvalue weighted by atomic mass is 16.1. The molecule has 0 saturated heterocycles. The first-order chi connectivity index (χ1) is 8.75. The van der Waals surface area contributed by atoms with Crippen LogP contribution in [0.2, 0.25) is 0 Å². The molecule has 3 heteroatoms. The maximum absolute atomic E-state index is 11.3. The molecule has 0 atom stereocenters. The Balaban J connectivity index is 3.09. The van der Waals surface area contributed by atoms with Gasteiger partial charge in [0.15, 0.2) is 0 Å². The van der Waals surface area contributed by atoms with Gasteiger partial charge in [0.05, 0.1) is 0 Å². The predicted octanol–water partition coefficient (Wildman–Crippen LogP) is 2.85. The molecule has 0 fully saturated rings. The van der Waals surface area contributed by atoms with Crippen LogP contribution in [0.3, 0.4) is 0 Å². The zero-order chi connectivity index (χ0) is 14.6. The van der Waals surface area contributed by atoms with Gasteiger partial charge in [0.1, 0.15) is 0 Å². The summed E-state index contributed by atoms with van der Waals surface area (Å²) in [5, 5.41) is 2.84. The first-order valence-corrected chi connectivity index (χ1v) is 6.46. The van der Waals surface area contributed by atoms with E-state index < -0.39 is 0 Å². The van der Waals surface area contributed by atoms with E-state index in [-0.39, 0.29) is 11.3 Å². The normalized spacial score (nSPS) is 11.0.